The molecule has 0 aromatic heterocycles. The maximum Gasteiger partial charge on any atom is 0.328 e. The number of aliphatic hydroxyl groups excluding tert-OH is 2. The summed E-state index contributed by atoms with van der Waals surface area (Å²) in [5, 5.41) is 35.3. The number of carbonyl (C=O) groups excluding carboxylic acids is 3. The predicted octanol–water partition coefficient (Wildman–Crippen LogP) is -3.48. The number of aliphatic imine (C=N–C) groups is 1. The second-order valence-electron chi connectivity index (χ2n) is 8.12. The number of carboxylic acids is 1. The van der Waals surface area contributed by atoms with Crippen LogP contribution >= 0.6 is 0 Å². The summed E-state index contributed by atoms with van der Waals surface area (Å²) in [5.41, 5.74) is 16.8. The van der Waals surface area contributed by atoms with Gasteiger partial charge in [0.25, 0.3) is 0 Å². The van der Waals surface area contributed by atoms with Crippen LogP contribution in [0.2, 0.25) is 0 Å². The number of benzene rings is 1. The van der Waals surface area contributed by atoms with Gasteiger partial charge >= 0.3 is 5.97 Å². The van der Waals surface area contributed by atoms with E-state index in [2.05, 4.69) is 20.9 Å². The first-order chi connectivity index (χ1) is 17.0. The SMILES string of the molecule is CC(O)C(NC(=O)C(Cc1ccccc1)NC(=O)C(CCCN=C(N)N)NC(=O)C(N)CO)C(=O)O. The molecule has 5 unspecified atom stereocenters. The zero-order chi connectivity index (χ0) is 27.3. The number of nitrogens with two attached hydrogens (primary N) is 3. The molecule has 0 saturated heterocycles. The lowest BCUT2D eigenvalue weighted by Gasteiger charge is -2.25. The van der Waals surface area contributed by atoms with Gasteiger partial charge in [0.1, 0.15) is 18.1 Å². The van der Waals surface area contributed by atoms with Crippen LogP contribution in [0.3, 0.4) is 0 Å². The van der Waals surface area contributed by atoms with Crippen LogP contribution < -0.4 is 33.2 Å². The third-order valence-corrected chi connectivity index (χ3v) is 5.07. The van der Waals surface area contributed by atoms with Gasteiger partial charge in [-0.2, -0.15) is 0 Å². The van der Waals surface area contributed by atoms with Gasteiger partial charge in [-0.15, -0.1) is 0 Å². The van der Waals surface area contributed by atoms with E-state index in [0.29, 0.717) is 5.56 Å². The number of nitrogens with zero attached hydrogens (tertiary/aromatic N) is 1. The molecule has 0 aliphatic heterocycles. The van der Waals surface area contributed by atoms with E-state index in [1.165, 1.54) is 6.92 Å². The van der Waals surface area contributed by atoms with Crippen molar-refractivity contribution in [2.75, 3.05) is 13.2 Å². The Labute approximate surface area is 208 Å². The van der Waals surface area contributed by atoms with Gasteiger partial charge in [-0.05, 0) is 25.3 Å². The number of rotatable bonds is 15. The third-order valence-electron chi connectivity index (χ3n) is 5.07. The lowest BCUT2D eigenvalue weighted by atomic mass is 10.0. The van der Waals surface area contributed by atoms with E-state index in [1.807, 2.05) is 0 Å². The highest BCUT2D eigenvalue weighted by Gasteiger charge is 2.31. The van der Waals surface area contributed by atoms with Gasteiger partial charge < -0.3 is 48.5 Å². The average Bonchev–Trinajstić information content (AvgIpc) is 2.82. The number of hydrogen-bond donors (Lipinski definition) is 9. The largest absolute Gasteiger partial charge is 0.480 e. The molecule has 12 N–H and O–H groups in total. The van der Waals surface area contributed by atoms with E-state index >= 15 is 0 Å². The first-order valence-electron chi connectivity index (χ1n) is 11.2. The van der Waals surface area contributed by atoms with Gasteiger partial charge in [-0.1, -0.05) is 30.3 Å². The summed E-state index contributed by atoms with van der Waals surface area (Å²) < 4.78 is 0. The summed E-state index contributed by atoms with van der Waals surface area (Å²) in [7, 11) is 0. The average molecular weight is 510 g/mol. The molecule has 0 aliphatic carbocycles. The monoisotopic (exact) mass is 509 g/mol. The molecule has 14 nitrogen and oxygen atoms in total. The lowest BCUT2D eigenvalue weighted by molar-refractivity contribution is -0.145. The number of carbonyl (C=O) groups is 4. The van der Waals surface area contributed by atoms with E-state index in [9.17, 15) is 29.4 Å². The highest BCUT2D eigenvalue weighted by molar-refractivity contribution is 5.94. The Kier molecular flexibility index (Phi) is 12.9. The van der Waals surface area contributed by atoms with Crippen molar-refractivity contribution in [1.29, 1.82) is 0 Å². The fraction of sp³-hybridized carbons (Fsp3) is 0.500. The Bertz CT molecular complexity index is 907. The lowest BCUT2D eigenvalue weighted by Crippen LogP contribution is -2.59. The van der Waals surface area contributed by atoms with Crippen LogP contribution in [0.1, 0.15) is 25.3 Å². The number of aliphatic hydroxyl groups is 2. The molecule has 14 heteroatoms. The van der Waals surface area contributed by atoms with Crippen molar-refractivity contribution in [3.05, 3.63) is 35.9 Å². The second-order valence-corrected chi connectivity index (χ2v) is 8.12. The first-order valence-corrected chi connectivity index (χ1v) is 11.2. The van der Waals surface area contributed by atoms with E-state index in [0.717, 1.165) is 0 Å². The summed E-state index contributed by atoms with van der Waals surface area (Å²) in [6.07, 6.45) is -1.06. The van der Waals surface area contributed by atoms with Crippen molar-refractivity contribution in [3.8, 4) is 0 Å². The fourth-order valence-electron chi connectivity index (χ4n) is 3.11. The normalized spacial score (nSPS) is 14.9. The Morgan fingerprint density at radius 1 is 0.972 bits per heavy atom. The van der Waals surface area contributed by atoms with Crippen molar-refractivity contribution >= 4 is 29.7 Å². The summed E-state index contributed by atoms with van der Waals surface area (Å²) in [5.74, 6) is -3.99. The van der Waals surface area contributed by atoms with Crippen LogP contribution in [0.5, 0.6) is 0 Å². The minimum Gasteiger partial charge on any atom is -0.480 e. The molecule has 0 aliphatic rings. The smallest absolute Gasteiger partial charge is 0.328 e. The standard InChI is InChI=1S/C22H35N7O7/c1-12(31)17(21(35)36)29-20(34)16(10-13-6-3-2-4-7-13)28-19(33)15(8-5-9-26-22(24)25)27-18(32)14(23)11-30/h2-4,6-7,12,14-17,30-31H,5,8-11,23H2,1H3,(H,27,32)(H,28,33)(H,29,34)(H,35,36)(H4,24,25,26). The van der Waals surface area contributed by atoms with Crippen molar-refractivity contribution in [2.24, 2.45) is 22.2 Å². The molecular formula is C22H35N7O7. The molecule has 36 heavy (non-hydrogen) atoms. The summed E-state index contributed by atoms with van der Waals surface area (Å²) in [6, 6.07) is 3.35. The number of guanidine groups is 1. The molecule has 1 aromatic rings. The molecule has 0 heterocycles. The number of hydrogen-bond acceptors (Lipinski definition) is 8. The zero-order valence-electron chi connectivity index (χ0n) is 20.0. The van der Waals surface area contributed by atoms with Crippen LogP contribution in [0.25, 0.3) is 0 Å². The molecule has 3 amide bonds. The minimum atomic E-state index is -1.61. The molecule has 0 fully saturated rings. The van der Waals surface area contributed by atoms with Gasteiger partial charge in [-0.25, -0.2) is 4.79 Å². The van der Waals surface area contributed by atoms with E-state index in [4.69, 9.17) is 22.3 Å². The highest BCUT2D eigenvalue weighted by Crippen LogP contribution is 2.07. The van der Waals surface area contributed by atoms with Gasteiger partial charge in [-0.3, -0.25) is 19.4 Å². The van der Waals surface area contributed by atoms with Gasteiger partial charge in [0.05, 0.1) is 12.7 Å². The van der Waals surface area contributed by atoms with Gasteiger partial charge in [0, 0.05) is 13.0 Å². The molecule has 0 saturated carbocycles. The predicted molar refractivity (Wildman–Crippen MR) is 130 cm³/mol. The number of aliphatic carboxylic acids is 1. The Balaban J connectivity index is 3.12. The molecule has 1 rings (SSSR count). The second kappa shape index (κ2) is 15.3. The maximum absolute atomic E-state index is 13.1. The minimum absolute atomic E-state index is 0.00458. The van der Waals surface area contributed by atoms with Crippen molar-refractivity contribution in [3.63, 3.8) is 0 Å². The Morgan fingerprint density at radius 2 is 1.56 bits per heavy atom. The molecule has 5 atom stereocenters. The molecule has 0 radical (unpaired) electrons. The van der Waals surface area contributed by atoms with Crippen molar-refractivity contribution < 1.29 is 34.5 Å². The first kappa shape index (κ1) is 30.3. The Hall–Kier alpha value is -3.75. The Morgan fingerprint density at radius 3 is 2.08 bits per heavy atom. The fourth-order valence-corrected chi connectivity index (χ4v) is 3.11. The van der Waals surface area contributed by atoms with Crippen molar-refractivity contribution in [2.45, 2.75) is 56.5 Å². The zero-order valence-corrected chi connectivity index (χ0v) is 20.0. The van der Waals surface area contributed by atoms with Crippen LogP contribution in [-0.2, 0) is 25.6 Å². The number of carboxylic acid groups (broad SMARTS) is 1. The summed E-state index contributed by atoms with van der Waals surface area (Å²) >= 11 is 0. The molecular weight excluding hydrogens is 474 g/mol. The summed E-state index contributed by atoms with van der Waals surface area (Å²) in [4.78, 5) is 53.5. The number of amides is 3. The van der Waals surface area contributed by atoms with Crippen molar-refractivity contribution in [1.82, 2.24) is 16.0 Å². The summed E-state index contributed by atoms with van der Waals surface area (Å²) in [6.45, 7) is 0.718. The highest BCUT2D eigenvalue weighted by atomic mass is 16.4. The van der Waals surface area contributed by atoms with E-state index in [-0.39, 0.29) is 31.8 Å². The quantitative estimate of drug-likeness (QED) is 0.0640. The molecule has 0 spiro atoms. The molecule has 0 bridgehead atoms. The molecule has 200 valence electrons. The molecule has 1 aromatic carbocycles. The topological polar surface area (TPSA) is 255 Å². The maximum atomic E-state index is 13.1. The number of nitrogens with one attached hydrogen (secondary N) is 3. The van der Waals surface area contributed by atoms with E-state index < -0.39 is 60.6 Å². The van der Waals surface area contributed by atoms with Crippen LogP contribution in [0.15, 0.2) is 35.3 Å². The van der Waals surface area contributed by atoms with Crippen LogP contribution in [0, 0.1) is 0 Å². The van der Waals surface area contributed by atoms with E-state index in [1.54, 1.807) is 30.3 Å². The van der Waals surface area contributed by atoms with Gasteiger partial charge in [0.15, 0.2) is 12.0 Å². The van der Waals surface area contributed by atoms with Crippen LogP contribution in [-0.4, -0.2) is 88.4 Å². The third kappa shape index (κ3) is 10.7. The van der Waals surface area contributed by atoms with Gasteiger partial charge in [0.2, 0.25) is 17.7 Å². The van der Waals surface area contributed by atoms with Crippen LogP contribution in [0.4, 0.5) is 0 Å².